The maximum atomic E-state index is 12.6. The molecule has 2 aliphatic heterocycles. The van der Waals surface area contributed by atoms with Crippen LogP contribution in [0.4, 0.5) is 4.79 Å². The summed E-state index contributed by atoms with van der Waals surface area (Å²) in [5, 5.41) is 0. The van der Waals surface area contributed by atoms with Crippen molar-refractivity contribution in [3.8, 4) is 11.1 Å². The molecule has 2 fully saturated rings. The average Bonchev–Trinajstić information content (AvgIpc) is 3.56. The van der Waals surface area contributed by atoms with E-state index in [9.17, 15) is 14.4 Å². The van der Waals surface area contributed by atoms with Gasteiger partial charge in [-0.1, -0.05) is 18.2 Å². The van der Waals surface area contributed by atoms with Gasteiger partial charge in [-0.15, -0.1) is 11.8 Å². The number of hydrogen-bond donors (Lipinski definition) is 0. The minimum atomic E-state index is -0.861. The zero-order valence-electron chi connectivity index (χ0n) is 18.8. The smallest absolute Gasteiger partial charge is 0.327 e. The fraction of sp³-hybridized carbons (Fsp3) is 0.400. The van der Waals surface area contributed by atoms with E-state index in [2.05, 4.69) is 18.2 Å². The molecule has 32 heavy (non-hydrogen) atoms. The van der Waals surface area contributed by atoms with Gasteiger partial charge < -0.3 is 9.80 Å². The SMILES string of the molecule is CSc1cc(-c2ccc3c(c2)CN(C2CC2)C3=O)ccc1CN1C(=O)N(C)C(=O)C1(C)C. The van der Waals surface area contributed by atoms with E-state index >= 15 is 0 Å². The van der Waals surface area contributed by atoms with Gasteiger partial charge in [0.1, 0.15) is 5.54 Å². The molecule has 0 N–H and O–H groups in total. The summed E-state index contributed by atoms with van der Waals surface area (Å²) in [5.41, 5.74) is 4.25. The molecule has 1 saturated heterocycles. The molecule has 1 saturated carbocycles. The molecule has 2 aromatic rings. The number of carbonyl (C=O) groups is 3. The molecule has 0 unspecified atom stereocenters. The number of thioether (sulfide) groups is 1. The Morgan fingerprint density at radius 3 is 2.34 bits per heavy atom. The Hall–Kier alpha value is -2.80. The van der Waals surface area contributed by atoms with Crippen molar-refractivity contribution in [1.82, 2.24) is 14.7 Å². The molecule has 0 atom stereocenters. The zero-order chi connectivity index (χ0) is 22.8. The average molecular weight is 450 g/mol. The number of rotatable bonds is 5. The van der Waals surface area contributed by atoms with E-state index in [-0.39, 0.29) is 17.8 Å². The number of hydrogen-bond acceptors (Lipinski definition) is 4. The second kappa shape index (κ2) is 7.37. The van der Waals surface area contributed by atoms with Crippen LogP contribution in [0.5, 0.6) is 0 Å². The molecule has 0 radical (unpaired) electrons. The van der Waals surface area contributed by atoms with Crippen molar-refractivity contribution in [3.05, 3.63) is 53.1 Å². The summed E-state index contributed by atoms with van der Waals surface area (Å²) < 4.78 is 0. The Bertz CT molecular complexity index is 1160. The van der Waals surface area contributed by atoms with Gasteiger partial charge in [0, 0.05) is 36.6 Å². The summed E-state index contributed by atoms with van der Waals surface area (Å²) in [6.45, 7) is 4.67. The lowest BCUT2D eigenvalue weighted by molar-refractivity contribution is -0.131. The number of carbonyl (C=O) groups excluding carboxylic acids is 3. The number of imide groups is 1. The van der Waals surface area contributed by atoms with Gasteiger partial charge >= 0.3 is 6.03 Å². The third kappa shape index (κ3) is 3.22. The third-order valence-electron chi connectivity index (χ3n) is 6.89. The van der Waals surface area contributed by atoms with Crippen LogP contribution in [-0.2, 0) is 17.9 Å². The number of likely N-dealkylation sites (N-methyl/N-ethyl adjacent to an activating group) is 1. The van der Waals surface area contributed by atoms with E-state index in [1.54, 1.807) is 30.5 Å². The van der Waals surface area contributed by atoms with Crippen LogP contribution in [0.25, 0.3) is 11.1 Å². The van der Waals surface area contributed by atoms with E-state index < -0.39 is 5.54 Å². The van der Waals surface area contributed by atoms with Crippen LogP contribution >= 0.6 is 11.8 Å². The monoisotopic (exact) mass is 449 g/mol. The predicted molar refractivity (Wildman–Crippen MR) is 124 cm³/mol. The van der Waals surface area contributed by atoms with E-state index in [1.165, 1.54) is 11.9 Å². The standard InChI is InChI=1S/C25H27N3O3S/c1-25(2)23(30)26(3)24(31)28(25)14-17-6-5-16(12-21(17)32-4)15-7-10-20-18(11-15)13-27(22(20)29)19-8-9-19/h5-7,10-12,19H,8-9,13-14H2,1-4H3. The molecule has 4 amide bonds. The topological polar surface area (TPSA) is 60.9 Å². The maximum Gasteiger partial charge on any atom is 0.327 e. The van der Waals surface area contributed by atoms with Crippen molar-refractivity contribution >= 4 is 29.6 Å². The van der Waals surface area contributed by atoms with Crippen LogP contribution in [-0.4, -0.2) is 57.4 Å². The van der Waals surface area contributed by atoms with Gasteiger partial charge in [0.2, 0.25) is 0 Å². The molecule has 0 aromatic heterocycles. The minimum Gasteiger partial charge on any atom is -0.331 e. The summed E-state index contributed by atoms with van der Waals surface area (Å²) in [6, 6.07) is 12.5. The summed E-state index contributed by atoms with van der Waals surface area (Å²) in [4.78, 5) is 43.6. The quantitative estimate of drug-likeness (QED) is 0.503. The first-order chi connectivity index (χ1) is 15.2. The van der Waals surface area contributed by atoms with Crippen molar-refractivity contribution in [2.45, 2.75) is 56.3 Å². The van der Waals surface area contributed by atoms with Crippen LogP contribution in [0.3, 0.4) is 0 Å². The van der Waals surface area contributed by atoms with Crippen LogP contribution in [0.15, 0.2) is 41.3 Å². The molecule has 1 aliphatic carbocycles. The molecular formula is C25H27N3O3S. The Labute approximate surface area is 192 Å². The first-order valence-electron chi connectivity index (χ1n) is 10.9. The Balaban J connectivity index is 1.43. The van der Waals surface area contributed by atoms with Crippen molar-refractivity contribution < 1.29 is 14.4 Å². The highest BCUT2D eigenvalue weighted by Crippen LogP contribution is 2.37. The molecule has 2 aromatic carbocycles. The number of fused-ring (bicyclic) bond motifs is 1. The lowest BCUT2D eigenvalue weighted by atomic mass is 9.98. The molecule has 0 spiro atoms. The van der Waals surface area contributed by atoms with E-state index in [1.807, 2.05) is 29.4 Å². The molecule has 0 bridgehead atoms. The maximum absolute atomic E-state index is 12.6. The Kier molecular flexibility index (Phi) is 4.85. The zero-order valence-corrected chi connectivity index (χ0v) is 19.7. The van der Waals surface area contributed by atoms with Gasteiger partial charge in [-0.2, -0.15) is 0 Å². The van der Waals surface area contributed by atoms with Gasteiger partial charge in [0.15, 0.2) is 0 Å². The predicted octanol–water partition coefficient (Wildman–Crippen LogP) is 4.37. The van der Waals surface area contributed by atoms with Crippen LogP contribution < -0.4 is 0 Å². The summed E-state index contributed by atoms with van der Waals surface area (Å²) in [5.74, 6) is -0.0237. The van der Waals surface area contributed by atoms with Crippen LogP contribution in [0, 0.1) is 0 Å². The summed E-state index contributed by atoms with van der Waals surface area (Å²) in [6.07, 6.45) is 4.25. The van der Waals surface area contributed by atoms with E-state index in [0.29, 0.717) is 19.1 Å². The first-order valence-corrected chi connectivity index (χ1v) is 12.2. The second-order valence-corrected chi connectivity index (χ2v) is 10.2. The lowest BCUT2D eigenvalue weighted by Crippen LogP contribution is -2.43. The van der Waals surface area contributed by atoms with Crippen molar-refractivity contribution in [2.75, 3.05) is 13.3 Å². The lowest BCUT2D eigenvalue weighted by Gasteiger charge is -2.28. The highest BCUT2D eigenvalue weighted by Gasteiger charge is 2.49. The number of amides is 4. The Morgan fingerprint density at radius 2 is 1.72 bits per heavy atom. The van der Waals surface area contributed by atoms with Gasteiger partial charge in [-0.3, -0.25) is 14.5 Å². The van der Waals surface area contributed by atoms with Crippen molar-refractivity contribution in [1.29, 1.82) is 0 Å². The van der Waals surface area contributed by atoms with E-state index in [0.717, 1.165) is 45.6 Å². The van der Waals surface area contributed by atoms with Crippen molar-refractivity contribution in [2.24, 2.45) is 0 Å². The molecule has 2 heterocycles. The van der Waals surface area contributed by atoms with Gasteiger partial charge in [0.25, 0.3) is 11.8 Å². The highest BCUT2D eigenvalue weighted by atomic mass is 32.2. The van der Waals surface area contributed by atoms with E-state index in [4.69, 9.17) is 0 Å². The van der Waals surface area contributed by atoms with Crippen LogP contribution in [0.2, 0.25) is 0 Å². The summed E-state index contributed by atoms with van der Waals surface area (Å²) in [7, 11) is 1.54. The number of urea groups is 1. The molecule has 5 rings (SSSR count). The first kappa shape index (κ1) is 21.1. The normalized spacial score (nSPS) is 19.9. The third-order valence-corrected chi connectivity index (χ3v) is 7.71. The van der Waals surface area contributed by atoms with Crippen molar-refractivity contribution in [3.63, 3.8) is 0 Å². The minimum absolute atomic E-state index is 0.159. The number of benzene rings is 2. The molecule has 3 aliphatic rings. The summed E-state index contributed by atoms with van der Waals surface area (Å²) >= 11 is 1.63. The second-order valence-electron chi connectivity index (χ2n) is 9.35. The fourth-order valence-corrected chi connectivity index (χ4v) is 5.37. The van der Waals surface area contributed by atoms with Gasteiger partial charge in [-0.05, 0) is 73.4 Å². The van der Waals surface area contributed by atoms with Gasteiger partial charge in [0.05, 0.1) is 0 Å². The van der Waals surface area contributed by atoms with Gasteiger partial charge in [-0.25, -0.2) is 4.79 Å². The number of nitrogens with zero attached hydrogens (tertiary/aromatic N) is 3. The highest BCUT2D eigenvalue weighted by molar-refractivity contribution is 7.98. The Morgan fingerprint density at radius 1 is 1.03 bits per heavy atom. The molecular weight excluding hydrogens is 422 g/mol. The largest absolute Gasteiger partial charge is 0.331 e. The fourth-order valence-electron chi connectivity index (χ4n) is 4.73. The molecule has 6 nitrogen and oxygen atoms in total. The molecule has 166 valence electrons. The van der Waals surface area contributed by atoms with Crippen LogP contribution in [0.1, 0.15) is 48.2 Å². The molecule has 7 heteroatoms.